The van der Waals surface area contributed by atoms with Crippen LogP contribution in [0.5, 0.6) is 0 Å². The first-order valence-electron chi connectivity index (χ1n) is 5.61. The van der Waals surface area contributed by atoms with E-state index in [2.05, 4.69) is 12.1 Å². The molecule has 0 saturated heterocycles. The molecule has 0 atom stereocenters. The van der Waals surface area contributed by atoms with Crippen molar-refractivity contribution >= 4 is 35.0 Å². The van der Waals surface area contributed by atoms with Crippen molar-refractivity contribution in [2.45, 2.75) is 16.2 Å². The summed E-state index contributed by atoms with van der Waals surface area (Å²) in [6.07, 6.45) is 0.862. The van der Waals surface area contributed by atoms with Crippen LogP contribution in [0.2, 0.25) is 10.0 Å². The highest BCUT2D eigenvalue weighted by molar-refractivity contribution is 7.99. The highest BCUT2D eigenvalue weighted by atomic mass is 35.5. The fourth-order valence-electron chi connectivity index (χ4n) is 1.64. The molecule has 0 spiro atoms. The van der Waals surface area contributed by atoms with Crippen LogP contribution in [0.15, 0.2) is 52.3 Å². The van der Waals surface area contributed by atoms with E-state index in [0.717, 1.165) is 11.3 Å². The van der Waals surface area contributed by atoms with E-state index in [4.69, 9.17) is 28.9 Å². The Kier molecular flexibility index (Phi) is 4.95. The van der Waals surface area contributed by atoms with Gasteiger partial charge in [-0.3, -0.25) is 0 Å². The lowest BCUT2D eigenvalue weighted by Crippen LogP contribution is -2.03. The van der Waals surface area contributed by atoms with Gasteiger partial charge >= 0.3 is 0 Å². The first-order valence-corrected chi connectivity index (χ1v) is 7.19. The molecule has 2 aromatic carbocycles. The molecule has 0 unspecified atom stereocenters. The molecule has 4 heteroatoms. The Bertz CT molecular complexity index is 543. The van der Waals surface area contributed by atoms with E-state index in [0.29, 0.717) is 16.6 Å². The minimum atomic E-state index is 0.640. The van der Waals surface area contributed by atoms with E-state index in [1.807, 2.05) is 24.3 Å². The third-order valence-electron chi connectivity index (χ3n) is 2.50. The van der Waals surface area contributed by atoms with Crippen LogP contribution in [0, 0.1) is 0 Å². The summed E-state index contributed by atoms with van der Waals surface area (Å²) in [4.78, 5) is 2.14. The first kappa shape index (κ1) is 13.8. The second-order valence-electron chi connectivity index (χ2n) is 3.82. The first-order chi connectivity index (χ1) is 8.70. The van der Waals surface area contributed by atoms with Crippen molar-refractivity contribution in [2.75, 3.05) is 6.54 Å². The Balaban J connectivity index is 2.30. The minimum absolute atomic E-state index is 0.640. The van der Waals surface area contributed by atoms with Crippen LogP contribution in [0.25, 0.3) is 0 Å². The standard InChI is InChI=1S/C14H13Cl2NS/c15-11-5-6-12(16)14(9-11)18-13-4-2-1-3-10(13)7-8-17/h1-6,9H,7-8,17H2. The average Bonchev–Trinajstić information content (AvgIpc) is 2.36. The SMILES string of the molecule is NCCc1ccccc1Sc1cc(Cl)ccc1Cl. The van der Waals surface area contributed by atoms with Gasteiger partial charge < -0.3 is 5.73 Å². The van der Waals surface area contributed by atoms with Gasteiger partial charge in [0.1, 0.15) is 0 Å². The summed E-state index contributed by atoms with van der Waals surface area (Å²) in [5, 5.41) is 1.41. The number of nitrogens with two attached hydrogens (primary N) is 1. The molecular formula is C14H13Cl2NS. The quantitative estimate of drug-likeness (QED) is 0.889. The van der Waals surface area contributed by atoms with Crippen LogP contribution in [0.1, 0.15) is 5.56 Å². The summed E-state index contributed by atoms with van der Waals surface area (Å²) in [6, 6.07) is 13.7. The predicted octanol–water partition coefficient (Wildman–Crippen LogP) is 4.65. The fourth-order valence-corrected chi connectivity index (χ4v) is 3.15. The largest absolute Gasteiger partial charge is 0.330 e. The fraction of sp³-hybridized carbons (Fsp3) is 0.143. The molecule has 2 N–H and O–H groups in total. The maximum Gasteiger partial charge on any atom is 0.0546 e. The number of hydrogen-bond acceptors (Lipinski definition) is 2. The van der Waals surface area contributed by atoms with Crippen LogP contribution in [-0.2, 0) is 6.42 Å². The van der Waals surface area contributed by atoms with E-state index >= 15 is 0 Å². The lowest BCUT2D eigenvalue weighted by molar-refractivity contribution is 0.944. The van der Waals surface area contributed by atoms with E-state index in [1.165, 1.54) is 10.5 Å². The van der Waals surface area contributed by atoms with Gasteiger partial charge in [-0.1, -0.05) is 53.2 Å². The zero-order chi connectivity index (χ0) is 13.0. The molecule has 94 valence electrons. The lowest BCUT2D eigenvalue weighted by Gasteiger charge is -2.09. The predicted molar refractivity (Wildman–Crippen MR) is 79.8 cm³/mol. The van der Waals surface area contributed by atoms with Gasteiger partial charge in [-0.15, -0.1) is 0 Å². The van der Waals surface area contributed by atoms with Gasteiger partial charge in [0.2, 0.25) is 0 Å². The van der Waals surface area contributed by atoms with E-state index < -0.39 is 0 Å². The maximum absolute atomic E-state index is 6.17. The number of benzene rings is 2. The Labute approximate surface area is 121 Å². The Morgan fingerprint density at radius 1 is 1.00 bits per heavy atom. The molecule has 0 saturated carbocycles. The average molecular weight is 298 g/mol. The number of rotatable bonds is 4. The molecule has 2 aromatic rings. The van der Waals surface area contributed by atoms with E-state index in [-0.39, 0.29) is 0 Å². The van der Waals surface area contributed by atoms with Crippen LogP contribution in [0.4, 0.5) is 0 Å². The number of hydrogen-bond donors (Lipinski definition) is 1. The van der Waals surface area contributed by atoms with Crippen molar-refractivity contribution in [2.24, 2.45) is 5.73 Å². The minimum Gasteiger partial charge on any atom is -0.330 e. The third-order valence-corrected chi connectivity index (χ3v) is 4.35. The Hall–Kier alpha value is -0.670. The smallest absolute Gasteiger partial charge is 0.0546 e. The van der Waals surface area contributed by atoms with Crippen molar-refractivity contribution < 1.29 is 0 Å². The van der Waals surface area contributed by atoms with Gasteiger partial charge in [0.15, 0.2) is 0 Å². The van der Waals surface area contributed by atoms with E-state index in [9.17, 15) is 0 Å². The van der Waals surface area contributed by atoms with Crippen molar-refractivity contribution in [1.29, 1.82) is 0 Å². The topological polar surface area (TPSA) is 26.0 Å². The number of halogens is 2. The van der Waals surface area contributed by atoms with E-state index in [1.54, 1.807) is 17.8 Å². The van der Waals surface area contributed by atoms with Crippen LogP contribution >= 0.6 is 35.0 Å². The second kappa shape index (κ2) is 6.48. The van der Waals surface area contributed by atoms with Gasteiger partial charge in [0.05, 0.1) is 5.02 Å². The molecule has 0 aliphatic carbocycles. The molecule has 0 heterocycles. The zero-order valence-electron chi connectivity index (χ0n) is 9.70. The summed E-state index contributed by atoms with van der Waals surface area (Å²) in [7, 11) is 0. The normalized spacial score (nSPS) is 10.6. The second-order valence-corrected chi connectivity index (χ2v) is 5.75. The third kappa shape index (κ3) is 3.42. The summed E-state index contributed by atoms with van der Waals surface area (Å²) < 4.78 is 0. The molecular weight excluding hydrogens is 285 g/mol. The van der Waals surface area contributed by atoms with Crippen molar-refractivity contribution in [3.63, 3.8) is 0 Å². The summed E-state index contributed by atoms with van der Waals surface area (Å²) in [5.74, 6) is 0. The van der Waals surface area contributed by atoms with Gasteiger partial charge in [-0.2, -0.15) is 0 Å². The van der Waals surface area contributed by atoms with Gasteiger partial charge in [-0.05, 0) is 42.8 Å². The zero-order valence-corrected chi connectivity index (χ0v) is 12.0. The highest BCUT2D eigenvalue weighted by Gasteiger charge is 2.07. The summed E-state index contributed by atoms with van der Waals surface area (Å²) in [5.41, 5.74) is 6.86. The molecule has 18 heavy (non-hydrogen) atoms. The van der Waals surface area contributed by atoms with Gasteiger partial charge in [0.25, 0.3) is 0 Å². The maximum atomic E-state index is 6.17. The highest BCUT2D eigenvalue weighted by Crippen LogP contribution is 2.36. The van der Waals surface area contributed by atoms with Gasteiger partial charge in [-0.25, -0.2) is 0 Å². The Morgan fingerprint density at radius 3 is 2.56 bits per heavy atom. The monoisotopic (exact) mass is 297 g/mol. The molecule has 0 bridgehead atoms. The molecule has 0 radical (unpaired) electrons. The van der Waals surface area contributed by atoms with Crippen LogP contribution in [-0.4, -0.2) is 6.54 Å². The molecule has 0 aliphatic heterocycles. The van der Waals surface area contributed by atoms with Crippen LogP contribution < -0.4 is 5.73 Å². The lowest BCUT2D eigenvalue weighted by atomic mass is 10.1. The molecule has 0 aliphatic rings. The Morgan fingerprint density at radius 2 is 1.78 bits per heavy atom. The van der Waals surface area contributed by atoms with Crippen molar-refractivity contribution in [3.05, 3.63) is 58.1 Å². The van der Waals surface area contributed by atoms with Gasteiger partial charge in [0, 0.05) is 14.8 Å². The molecule has 2 rings (SSSR count). The summed E-state index contributed by atoms with van der Waals surface area (Å²) >= 11 is 13.8. The molecule has 0 amide bonds. The molecule has 0 fully saturated rings. The summed E-state index contributed by atoms with van der Waals surface area (Å²) in [6.45, 7) is 0.640. The van der Waals surface area contributed by atoms with Crippen molar-refractivity contribution in [3.8, 4) is 0 Å². The molecule has 1 nitrogen and oxygen atoms in total. The van der Waals surface area contributed by atoms with Crippen LogP contribution in [0.3, 0.4) is 0 Å². The molecule has 0 aromatic heterocycles. The van der Waals surface area contributed by atoms with Crippen molar-refractivity contribution in [1.82, 2.24) is 0 Å².